The number of anilines is 1. The molecule has 0 spiro atoms. The van der Waals surface area contributed by atoms with E-state index in [9.17, 15) is 0 Å². The molecule has 2 rings (SSSR count). The molecule has 0 bridgehead atoms. The van der Waals surface area contributed by atoms with Gasteiger partial charge in [0, 0.05) is 18.6 Å². The molecule has 2 atom stereocenters. The SMILES string of the molecule is Cc1cc(N)n(C(C)C2CCOC2)n1. The number of aromatic nitrogens is 2. The van der Waals surface area contributed by atoms with Crippen LogP contribution in [0.2, 0.25) is 0 Å². The normalized spacial score (nSPS) is 24.0. The smallest absolute Gasteiger partial charge is 0.122 e. The molecule has 1 saturated heterocycles. The third-order valence-corrected chi connectivity index (χ3v) is 2.92. The van der Waals surface area contributed by atoms with Crippen LogP contribution in [0.4, 0.5) is 5.82 Å². The maximum Gasteiger partial charge on any atom is 0.122 e. The molecule has 0 radical (unpaired) electrons. The standard InChI is InChI=1S/C10H17N3O/c1-7-5-10(11)13(12-7)8(2)9-3-4-14-6-9/h5,8-9H,3-4,6,11H2,1-2H3. The molecule has 2 N–H and O–H groups in total. The van der Waals surface area contributed by atoms with Gasteiger partial charge < -0.3 is 10.5 Å². The molecule has 0 aliphatic carbocycles. The fraction of sp³-hybridized carbons (Fsp3) is 0.700. The highest BCUT2D eigenvalue weighted by atomic mass is 16.5. The summed E-state index contributed by atoms with van der Waals surface area (Å²) in [6, 6.07) is 2.25. The number of hydrogen-bond acceptors (Lipinski definition) is 3. The lowest BCUT2D eigenvalue weighted by Crippen LogP contribution is -2.19. The molecule has 0 saturated carbocycles. The van der Waals surface area contributed by atoms with Gasteiger partial charge in [0.25, 0.3) is 0 Å². The van der Waals surface area contributed by atoms with Crippen LogP contribution in [0.15, 0.2) is 6.07 Å². The second-order valence-corrected chi connectivity index (χ2v) is 4.02. The van der Waals surface area contributed by atoms with Crippen LogP contribution in [-0.2, 0) is 4.74 Å². The molecule has 78 valence electrons. The average Bonchev–Trinajstić information content (AvgIpc) is 2.73. The molecule has 1 aromatic heterocycles. The van der Waals surface area contributed by atoms with Gasteiger partial charge in [-0.1, -0.05) is 0 Å². The van der Waals surface area contributed by atoms with Crippen LogP contribution in [0.1, 0.15) is 25.1 Å². The Hall–Kier alpha value is -1.03. The first-order valence-corrected chi connectivity index (χ1v) is 5.08. The third kappa shape index (κ3) is 1.62. The minimum Gasteiger partial charge on any atom is -0.384 e. The summed E-state index contributed by atoms with van der Waals surface area (Å²) in [6.07, 6.45) is 1.11. The lowest BCUT2D eigenvalue weighted by Gasteiger charge is -2.19. The van der Waals surface area contributed by atoms with E-state index < -0.39 is 0 Å². The van der Waals surface area contributed by atoms with Crippen LogP contribution in [0.5, 0.6) is 0 Å². The summed E-state index contributed by atoms with van der Waals surface area (Å²) in [5, 5.41) is 4.39. The van der Waals surface area contributed by atoms with Gasteiger partial charge in [-0.05, 0) is 20.3 Å². The van der Waals surface area contributed by atoms with Crippen LogP contribution < -0.4 is 5.73 Å². The monoisotopic (exact) mass is 195 g/mol. The molecule has 2 unspecified atom stereocenters. The summed E-state index contributed by atoms with van der Waals surface area (Å²) in [7, 11) is 0. The van der Waals surface area contributed by atoms with E-state index in [0.29, 0.717) is 12.0 Å². The van der Waals surface area contributed by atoms with Crippen molar-refractivity contribution < 1.29 is 4.74 Å². The number of rotatable bonds is 2. The maximum atomic E-state index is 5.87. The highest BCUT2D eigenvalue weighted by Crippen LogP contribution is 2.27. The number of nitrogens with zero attached hydrogens (tertiary/aromatic N) is 2. The summed E-state index contributed by atoms with van der Waals surface area (Å²) in [5.41, 5.74) is 6.85. The van der Waals surface area contributed by atoms with Gasteiger partial charge in [0.2, 0.25) is 0 Å². The van der Waals surface area contributed by atoms with E-state index in [-0.39, 0.29) is 0 Å². The van der Waals surface area contributed by atoms with Crippen molar-refractivity contribution in [2.75, 3.05) is 18.9 Å². The van der Waals surface area contributed by atoms with Gasteiger partial charge in [0.05, 0.1) is 18.3 Å². The molecule has 14 heavy (non-hydrogen) atoms. The Labute approximate surface area is 84.0 Å². The van der Waals surface area contributed by atoms with Crippen molar-refractivity contribution >= 4 is 5.82 Å². The first-order valence-electron chi connectivity index (χ1n) is 5.08. The largest absolute Gasteiger partial charge is 0.384 e. The van der Waals surface area contributed by atoms with Crippen molar-refractivity contribution in [1.82, 2.24) is 9.78 Å². The number of nitrogen functional groups attached to an aromatic ring is 1. The minimum atomic E-state index is 0.339. The maximum absolute atomic E-state index is 5.87. The Kier molecular flexibility index (Phi) is 2.46. The van der Waals surface area contributed by atoms with Crippen molar-refractivity contribution in [1.29, 1.82) is 0 Å². The zero-order valence-electron chi connectivity index (χ0n) is 8.73. The van der Waals surface area contributed by atoms with Crippen molar-refractivity contribution in [2.24, 2.45) is 5.92 Å². The fourth-order valence-corrected chi connectivity index (χ4v) is 2.00. The number of aryl methyl sites for hydroxylation is 1. The highest BCUT2D eigenvalue weighted by Gasteiger charge is 2.25. The predicted octanol–water partition coefficient (Wildman–Crippen LogP) is 1.37. The highest BCUT2D eigenvalue weighted by molar-refractivity contribution is 5.30. The number of nitrogens with two attached hydrogens (primary N) is 1. The lowest BCUT2D eigenvalue weighted by molar-refractivity contribution is 0.173. The Balaban J connectivity index is 2.17. The molecular weight excluding hydrogens is 178 g/mol. The Morgan fingerprint density at radius 3 is 3.00 bits per heavy atom. The van der Waals surface area contributed by atoms with Crippen molar-refractivity contribution in [3.05, 3.63) is 11.8 Å². The molecule has 2 heterocycles. The molecule has 4 heteroatoms. The zero-order chi connectivity index (χ0) is 10.1. The summed E-state index contributed by atoms with van der Waals surface area (Å²) in [6.45, 7) is 5.82. The van der Waals surface area contributed by atoms with Crippen LogP contribution >= 0.6 is 0 Å². The topological polar surface area (TPSA) is 53.1 Å². The predicted molar refractivity (Wildman–Crippen MR) is 55.0 cm³/mol. The fourth-order valence-electron chi connectivity index (χ4n) is 2.00. The number of hydrogen-bond donors (Lipinski definition) is 1. The van der Waals surface area contributed by atoms with Gasteiger partial charge in [-0.3, -0.25) is 0 Å². The van der Waals surface area contributed by atoms with Gasteiger partial charge in [0.15, 0.2) is 0 Å². The van der Waals surface area contributed by atoms with Gasteiger partial charge in [-0.15, -0.1) is 0 Å². The van der Waals surface area contributed by atoms with Crippen LogP contribution in [0, 0.1) is 12.8 Å². The van der Waals surface area contributed by atoms with E-state index in [1.165, 1.54) is 0 Å². The number of ether oxygens (including phenoxy) is 1. The van der Waals surface area contributed by atoms with Gasteiger partial charge in [-0.25, -0.2) is 4.68 Å². The van der Waals surface area contributed by atoms with Crippen LogP contribution in [0.25, 0.3) is 0 Å². The van der Waals surface area contributed by atoms with Crippen LogP contribution in [0.3, 0.4) is 0 Å². The van der Waals surface area contributed by atoms with E-state index in [0.717, 1.165) is 31.1 Å². The Morgan fingerprint density at radius 2 is 2.50 bits per heavy atom. The summed E-state index contributed by atoms with van der Waals surface area (Å²) >= 11 is 0. The summed E-state index contributed by atoms with van der Waals surface area (Å²) in [5.74, 6) is 1.30. The minimum absolute atomic E-state index is 0.339. The second kappa shape index (κ2) is 3.61. The van der Waals surface area contributed by atoms with E-state index >= 15 is 0 Å². The first kappa shape index (κ1) is 9.52. The molecular formula is C10H17N3O. The van der Waals surface area contributed by atoms with E-state index in [2.05, 4.69) is 12.0 Å². The van der Waals surface area contributed by atoms with Crippen LogP contribution in [-0.4, -0.2) is 23.0 Å². The van der Waals surface area contributed by atoms with E-state index in [1.54, 1.807) is 0 Å². The molecule has 1 fully saturated rings. The second-order valence-electron chi connectivity index (χ2n) is 4.02. The van der Waals surface area contributed by atoms with Crippen molar-refractivity contribution in [3.8, 4) is 0 Å². The lowest BCUT2D eigenvalue weighted by atomic mass is 10.0. The van der Waals surface area contributed by atoms with E-state index in [4.69, 9.17) is 10.5 Å². The molecule has 1 aromatic rings. The Morgan fingerprint density at radius 1 is 1.71 bits per heavy atom. The molecule has 0 amide bonds. The van der Waals surface area contributed by atoms with Gasteiger partial charge in [-0.2, -0.15) is 5.10 Å². The average molecular weight is 195 g/mol. The molecule has 4 nitrogen and oxygen atoms in total. The molecule has 1 aliphatic heterocycles. The van der Waals surface area contributed by atoms with Crippen molar-refractivity contribution in [2.45, 2.75) is 26.3 Å². The van der Waals surface area contributed by atoms with Crippen molar-refractivity contribution in [3.63, 3.8) is 0 Å². The van der Waals surface area contributed by atoms with E-state index in [1.807, 2.05) is 17.7 Å². The third-order valence-electron chi connectivity index (χ3n) is 2.92. The zero-order valence-corrected chi connectivity index (χ0v) is 8.73. The molecule has 0 aromatic carbocycles. The molecule has 1 aliphatic rings. The van der Waals surface area contributed by atoms with Gasteiger partial charge in [0.1, 0.15) is 5.82 Å². The first-order chi connectivity index (χ1) is 6.68. The van der Waals surface area contributed by atoms with Gasteiger partial charge >= 0.3 is 0 Å². The quantitative estimate of drug-likeness (QED) is 0.775. The summed E-state index contributed by atoms with van der Waals surface area (Å²) < 4.78 is 7.28. The Bertz CT molecular complexity index is 315. The summed E-state index contributed by atoms with van der Waals surface area (Å²) in [4.78, 5) is 0.